The highest BCUT2D eigenvalue weighted by molar-refractivity contribution is 9.11. The number of rotatable bonds is 5. The van der Waals surface area contributed by atoms with Gasteiger partial charge in [-0.1, -0.05) is 6.92 Å². The van der Waals surface area contributed by atoms with Gasteiger partial charge in [0.15, 0.2) is 0 Å². The molecule has 0 atom stereocenters. The van der Waals surface area contributed by atoms with Crippen LogP contribution in [0.2, 0.25) is 0 Å². The van der Waals surface area contributed by atoms with Crippen LogP contribution in [0.25, 0.3) is 0 Å². The normalized spacial score (nSPS) is 10.6. The summed E-state index contributed by atoms with van der Waals surface area (Å²) in [6.45, 7) is 2.92. The van der Waals surface area contributed by atoms with Crippen molar-refractivity contribution >= 4 is 49.0 Å². The molecule has 6 heteroatoms. The molecule has 0 bridgehead atoms. The molecule has 2 heterocycles. The molecule has 2 aromatic rings. The monoisotopic (exact) mass is 389 g/mol. The van der Waals surface area contributed by atoms with Gasteiger partial charge in [-0.2, -0.15) is 0 Å². The molecule has 1 N–H and O–H groups in total. The molecule has 0 radical (unpaired) electrons. The molecule has 0 unspecified atom stereocenters. The van der Waals surface area contributed by atoms with Crippen molar-refractivity contribution in [2.24, 2.45) is 0 Å². The maximum atomic E-state index is 4.43. The first-order valence-electron chi connectivity index (χ1n) is 5.69. The van der Waals surface area contributed by atoms with Crippen molar-refractivity contribution in [3.63, 3.8) is 0 Å². The van der Waals surface area contributed by atoms with Crippen molar-refractivity contribution in [2.45, 2.75) is 19.8 Å². The maximum Gasteiger partial charge on any atom is 0.131 e. The van der Waals surface area contributed by atoms with E-state index in [1.54, 1.807) is 11.3 Å². The van der Waals surface area contributed by atoms with Crippen LogP contribution in [0, 0.1) is 0 Å². The Morgan fingerprint density at radius 3 is 2.78 bits per heavy atom. The van der Waals surface area contributed by atoms with Gasteiger partial charge in [0.05, 0.1) is 3.79 Å². The standard InChI is InChI=1S/C12H13Br2N3S/c1-2-11-16-9(13)7-12(17-11)15-6-5-8-3-4-10(14)18-8/h3-4,7H,2,5-6H2,1H3,(H,15,16,17). The Kier molecular flexibility index (Phi) is 5.14. The van der Waals surface area contributed by atoms with Gasteiger partial charge >= 0.3 is 0 Å². The first-order valence-corrected chi connectivity index (χ1v) is 8.09. The number of nitrogens with one attached hydrogen (secondary N) is 1. The summed E-state index contributed by atoms with van der Waals surface area (Å²) >= 11 is 8.64. The fourth-order valence-electron chi connectivity index (χ4n) is 1.51. The number of aromatic nitrogens is 2. The fraction of sp³-hybridized carbons (Fsp3) is 0.333. The van der Waals surface area contributed by atoms with E-state index in [9.17, 15) is 0 Å². The average Bonchev–Trinajstić information content (AvgIpc) is 2.74. The predicted octanol–water partition coefficient (Wildman–Crippen LogP) is 4.28. The molecule has 0 amide bonds. The molecular formula is C12H13Br2N3S. The van der Waals surface area contributed by atoms with Crippen LogP contribution in [-0.4, -0.2) is 16.5 Å². The molecule has 18 heavy (non-hydrogen) atoms. The summed E-state index contributed by atoms with van der Waals surface area (Å²) in [6.07, 6.45) is 1.84. The van der Waals surface area contributed by atoms with Crippen molar-refractivity contribution in [1.29, 1.82) is 0 Å². The summed E-state index contributed by atoms with van der Waals surface area (Å²) in [5.74, 6) is 1.73. The van der Waals surface area contributed by atoms with Crippen LogP contribution in [-0.2, 0) is 12.8 Å². The Morgan fingerprint density at radius 2 is 2.11 bits per heavy atom. The van der Waals surface area contributed by atoms with E-state index in [0.29, 0.717) is 0 Å². The minimum absolute atomic E-state index is 0.829. The number of thiophene rings is 1. The average molecular weight is 391 g/mol. The smallest absolute Gasteiger partial charge is 0.131 e. The zero-order valence-corrected chi connectivity index (χ0v) is 13.9. The predicted molar refractivity (Wildman–Crippen MR) is 83.3 cm³/mol. The van der Waals surface area contributed by atoms with Gasteiger partial charge in [-0.3, -0.25) is 0 Å². The third-order valence-corrected chi connectivity index (χ3v) is 4.45. The van der Waals surface area contributed by atoms with Gasteiger partial charge < -0.3 is 5.32 Å². The van der Waals surface area contributed by atoms with Crippen molar-refractivity contribution < 1.29 is 0 Å². The zero-order valence-electron chi connectivity index (χ0n) is 9.91. The quantitative estimate of drug-likeness (QED) is 0.774. The van der Waals surface area contributed by atoms with E-state index in [-0.39, 0.29) is 0 Å². The van der Waals surface area contributed by atoms with Crippen molar-refractivity contribution in [2.75, 3.05) is 11.9 Å². The van der Waals surface area contributed by atoms with Gasteiger partial charge in [0.25, 0.3) is 0 Å². The van der Waals surface area contributed by atoms with E-state index in [2.05, 4.69) is 66.2 Å². The summed E-state index contributed by atoms with van der Waals surface area (Å²) in [4.78, 5) is 10.1. The lowest BCUT2D eigenvalue weighted by Crippen LogP contribution is -2.07. The summed E-state index contributed by atoms with van der Waals surface area (Å²) in [5, 5.41) is 3.33. The number of aryl methyl sites for hydroxylation is 1. The van der Waals surface area contributed by atoms with E-state index >= 15 is 0 Å². The third-order valence-electron chi connectivity index (χ3n) is 2.36. The van der Waals surface area contributed by atoms with E-state index < -0.39 is 0 Å². The van der Waals surface area contributed by atoms with Gasteiger partial charge in [0.1, 0.15) is 16.2 Å². The second-order valence-corrected chi connectivity index (χ2v) is 7.09. The minimum atomic E-state index is 0.829. The molecule has 0 saturated carbocycles. The van der Waals surface area contributed by atoms with Crippen LogP contribution in [0.1, 0.15) is 17.6 Å². The molecule has 0 aliphatic carbocycles. The van der Waals surface area contributed by atoms with Crippen LogP contribution in [0.4, 0.5) is 5.82 Å². The highest BCUT2D eigenvalue weighted by atomic mass is 79.9. The Hall–Kier alpha value is -0.460. The Bertz CT molecular complexity index is 528. The van der Waals surface area contributed by atoms with Crippen LogP contribution in [0.5, 0.6) is 0 Å². The largest absolute Gasteiger partial charge is 0.370 e. The van der Waals surface area contributed by atoms with Gasteiger partial charge in [-0.05, 0) is 50.4 Å². The number of hydrogen-bond donors (Lipinski definition) is 1. The third kappa shape index (κ3) is 4.03. The molecule has 0 fully saturated rings. The Labute approximate surface area is 127 Å². The van der Waals surface area contributed by atoms with E-state index in [1.165, 1.54) is 8.66 Å². The molecule has 0 aromatic carbocycles. The zero-order chi connectivity index (χ0) is 13.0. The van der Waals surface area contributed by atoms with E-state index in [0.717, 1.165) is 35.6 Å². The highest BCUT2D eigenvalue weighted by Gasteiger charge is 2.02. The van der Waals surface area contributed by atoms with Gasteiger partial charge in [0, 0.05) is 23.9 Å². The topological polar surface area (TPSA) is 37.8 Å². The summed E-state index contributed by atoms with van der Waals surface area (Å²) in [5.41, 5.74) is 0. The summed E-state index contributed by atoms with van der Waals surface area (Å²) < 4.78 is 2.01. The van der Waals surface area contributed by atoms with Gasteiger partial charge in [-0.15, -0.1) is 11.3 Å². The van der Waals surface area contributed by atoms with Crippen LogP contribution < -0.4 is 5.32 Å². The van der Waals surface area contributed by atoms with Crippen LogP contribution in [0.3, 0.4) is 0 Å². The van der Waals surface area contributed by atoms with Crippen molar-refractivity contribution in [3.8, 4) is 0 Å². The second-order valence-electron chi connectivity index (χ2n) is 3.73. The minimum Gasteiger partial charge on any atom is -0.370 e. The lowest BCUT2D eigenvalue weighted by Gasteiger charge is -2.06. The maximum absolute atomic E-state index is 4.43. The molecule has 0 saturated heterocycles. The molecule has 96 valence electrons. The molecule has 2 aromatic heterocycles. The molecular weight excluding hydrogens is 378 g/mol. The van der Waals surface area contributed by atoms with Crippen LogP contribution >= 0.6 is 43.2 Å². The lowest BCUT2D eigenvalue weighted by atomic mass is 10.3. The number of hydrogen-bond acceptors (Lipinski definition) is 4. The SMILES string of the molecule is CCc1nc(Br)cc(NCCc2ccc(Br)s2)n1. The highest BCUT2D eigenvalue weighted by Crippen LogP contribution is 2.22. The van der Waals surface area contributed by atoms with Gasteiger partial charge in [0.2, 0.25) is 0 Å². The van der Waals surface area contributed by atoms with Crippen LogP contribution in [0.15, 0.2) is 26.6 Å². The van der Waals surface area contributed by atoms with Crippen molar-refractivity contribution in [1.82, 2.24) is 9.97 Å². The molecule has 3 nitrogen and oxygen atoms in total. The van der Waals surface area contributed by atoms with E-state index in [1.807, 2.05) is 6.07 Å². The number of nitrogens with zero attached hydrogens (tertiary/aromatic N) is 2. The molecule has 2 rings (SSSR count). The Balaban J connectivity index is 1.91. The molecule has 0 aliphatic heterocycles. The molecule has 0 spiro atoms. The Morgan fingerprint density at radius 1 is 1.28 bits per heavy atom. The number of halogens is 2. The lowest BCUT2D eigenvalue weighted by molar-refractivity contribution is 0.917. The summed E-state index contributed by atoms with van der Waals surface area (Å²) in [7, 11) is 0. The molecule has 0 aliphatic rings. The number of anilines is 1. The first kappa shape index (κ1) is 14.0. The second kappa shape index (κ2) is 6.63. The van der Waals surface area contributed by atoms with E-state index in [4.69, 9.17) is 0 Å². The summed E-state index contributed by atoms with van der Waals surface area (Å²) in [6, 6.07) is 6.13. The van der Waals surface area contributed by atoms with Crippen molar-refractivity contribution in [3.05, 3.63) is 37.3 Å². The van der Waals surface area contributed by atoms with Gasteiger partial charge in [-0.25, -0.2) is 9.97 Å². The first-order chi connectivity index (χ1) is 8.67. The fourth-order valence-corrected chi connectivity index (χ4v) is 3.42.